The van der Waals surface area contributed by atoms with E-state index in [1.54, 1.807) is 0 Å². The molecule has 46 valence electrons. The number of hydrogen-bond donors (Lipinski definition) is 0. The largest absolute Gasteiger partial charge is 0.0988 e. The van der Waals surface area contributed by atoms with Gasteiger partial charge in [0.1, 0.15) is 0 Å². The zero-order chi connectivity index (χ0) is 6.69. The molecular formula is C9H10. The lowest BCUT2D eigenvalue weighted by molar-refractivity contribution is 1.25. The molecule has 0 heterocycles. The van der Waals surface area contributed by atoms with E-state index in [0.29, 0.717) is 0 Å². The van der Waals surface area contributed by atoms with Crippen LogP contribution in [0.2, 0.25) is 0 Å². The maximum absolute atomic E-state index is 3.80. The molecule has 1 aliphatic rings. The summed E-state index contributed by atoms with van der Waals surface area (Å²) in [7, 11) is 0. The molecule has 1 aliphatic carbocycles. The molecule has 0 unspecified atom stereocenters. The van der Waals surface area contributed by atoms with Gasteiger partial charge in [-0.1, -0.05) is 37.5 Å². The van der Waals surface area contributed by atoms with Gasteiger partial charge in [0.25, 0.3) is 0 Å². The minimum Gasteiger partial charge on any atom is -0.0988 e. The van der Waals surface area contributed by atoms with Crippen molar-refractivity contribution in [3.05, 3.63) is 48.6 Å². The highest BCUT2D eigenvalue weighted by atomic mass is 14.0. The van der Waals surface area contributed by atoms with Crippen molar-refractivity contribution in [3.63, 3.8) is 0 Å². The van der Waals surface area contributed by atoms with Crippen molar-refractivity contribution < 1.29 is 0 Å². The van der Waals surface area contributed by atoms with Gasteiger partial charge in [0.05, 0.1) is 0 Å². The number of allylic oxidation sites excluding steroid dienone is 6. The second kappa shape index (κ2) is 2.49. The maximum Gasteiger partial charge on any atom is -0.00941 e. The minimum absolute atomic E-state index is 1.00. The summed E-state index contributed by atoms with van der Waals surface area (Å²) in [5, 5.41) is 0. The van der Waals surface area contributed by atoms with Crippen molar-refractivity contribution in [2.24, 2.45) is 0 Å². The zero-order valence-electron chi connectivity index (χ0n) is 5.43. The molecule has 0 heteroatoms. The van der Waals surface area contributed by atoms with Gasteiger partial charge in [0.2, 0.25) is 0 Å². The van der Waals surface area contributed by atoms with Crippen LogP contribution in [0.1, 0.15) is 6.42 Å². The molecule has 0 nitrogen and oxygen atoms in total. The monoisotopic (exact) mass is 118 g/mol. The Bertz CT molecular complexity index is 192. The Morgan fingerprint density at radius 3 is 2.78 bits per heavy atom. The quantitative estimate of drug-likeness (QED) is 0.496. The summed E-state index contributed by atoms with van der Waals surface area (Å²) in [4.78, 5) is 0. The van der Waals surface area contributed by atoms with E-state index in [9.17, 15) is 0 Å². The number of rotatable bonds is 1. The van der Waals surface area contributed by atoms with Gasteiger partial charge in [-0.15, -0.1) is 0 Å². The third kappa shape index (κ3) is 1.43. The Labute approximate surface area is 55.9 Å². The predicted molar refractivity (Wildman–Crippen MR) is 41.2 cm³/mol. The Hall–Kier alpha value is -1.04. The summed E-state index contributed by atoms with van der Waals surface area (Å²) < 4.78 is 0. The molecule has 0 atom stereocenters. The summed E-state index contributed by atoms with van der Waals surface area (Å²) in [5.74, 6) is 0. The smallest absolute Gasteiger partial charge is 0.00941 e. The topological polar surface area (TPSA) is 0 Å². The molecule has 0 aliphatic heterocycles. The molecular weight excluding hydrogens is 108 g/mol. The van der Waals surface area contributed by atoms with Gasteiger partial charge in [0, 0.05) is 0 Å². The maximum atomic E-state index is 3.80. The molecule has 1 rings (SSSR count). The second-order valence-corrected chi connectivity index (χ2v) is 2.10. The first-order valence-corrected chi connectivity index (χ1v) is 3.01. The summed E-state index contributed by atoms with van der Waals surface area (Å²) >= 11 is 0. The average Bonchev–Trinajstić information content (AvgIpc) is 1.88. The van der Waals surface area contributed by atoms with Gasteiger partial charge < -0.3 is 0 Å². The zero-order valence-corrected chi connectivity index (χ0v) is 5.43. The third-order valence-electron chi connectivity index (χ3n) is 1.32. The van der Waals surface area contributed by atoms with Crippen LogP contribution in [-0.2, 0) is 0 Å². The van der Waals surface area contributed by atoms with E-state index < -0.39 is 0 Å². The molecule has 0 radical (unpaired) electrons. The third-order valence-corrected chi connectivity index (χ3v) is 1.32. The lowest BCUT2D eigenvalue weighted by atomic mass is 10.0. The molecule has 0 saturated heterocycles. The molecule has 0 spiro atoms. The summed E-state index contributed by atoms with van der Waals surface area (Å²) in [6.45, 7) is 7.48. The van der Waals surface area contributed by atoms with Crippen LogP contribution in [0.5, 0.6) is 0 Å². The first-order chi connectivity index (χ1) is 4.33. The molecule has 0 aromatic rings. The SMILES string of the molecule is C=CC1=CC(=C)C=CC1. The lowest BCUT2D eigenvalue weighted by Gasteiger charge is -2.02. The molecule has 0 aromatic carbocycles. The molecule has 0 aromatic heterocycles. The first kappa shape index (κ1) is 6.09. The highest BCUT2D eigenvalue weighted by Gasteiger charge is 1.93. The predicted octanol–water partition coefficient (Wildman–Crippen LogP) is 2.61. The first-order valence-electron chi connectivity index (χ1n) is 3.01. The van der Waals surface area contributed by atoms with E-state index in [1.165, 1.54) is 5.57 Å². The Morgan fingerprint density at radius 2 is 2.33 bits per heavy atom. The van der Waals surface area contributed by atoms with Crippen LogP contribution in [0.3, 0.4) is 0 Å². The average molecular weight is 118 g/mol. The van der Waals surface area contributed by atoms with Crippen LogP contribution in [-0.4, -0.2) is 0 Å². The van der Waals surface area contributed by atoms with Crippen molar-refractivity contribution in [3.8, 4) is 0 Å². The van der Waals surface area contributed by atoms with E-state index >= 15 is 0 Å². The van der Waals surface area contributed by atoms with Gasteiger partial charge in [-0.25, -0.2) is 0 Å². The molecule has 0 N–H and O–H groups in total. The fraction of sp³-hybridized carbons (Fsp3) is 0.111. The standard InChI is InChI=1S/C9H10/c1-3-9-6-4-5-8(2)7-9/h3-5,7H,1-2,6H2. The van der Waals surface area contributed by atoms with Crippen molar-refractivity contribution in [2.75, 3.05) is 0 Å². The lowest BCUT2D eigenvalue weighted by Crippen LogP contribution is -1.82. The van der Waals surface area contributed by atoms with Crippen LogP contribution in [0.4, 0.5) is 0 Å². The molecule has 0 amide bonds. The van der Waals surface area contributed by atoms with E-state index in [1.807, 2.05) is 18.2 Å². The molecule has 0 fully saturated rings. The molecule has 0 saturated carbocycles. The van der Waals surface area contributed by atoms with Crippen LogP contribution in [0, 0.1) is 0 Å². The van der Waals surface area contributed by atoms with Crippen molar-refractivity contribution in [1.29, 1.82) is 0 Å². The highest BCUT2D eigenvalue weighted by Crippen LogP contribution is 2.13. The Morgan fingerprint density at radius 1 is 1.56 bits per heavy atom. The van der Waals surface area contributed by atoms with Gasteiger partial charge in [0.15, 0.2) is 0 Å². The summed E-state index contributed by atoms with van der Waals surface area (Å²) in [6.07, 6.45) is 9.04. The second-order valence-electron chi connectivity index (χ2n) is 2.10. The normalized spacial score (nSPS) is 17.3. The van der Waals surface area contributed by atoms with E-state index in [0.717, 1.165) is 12.0 Å². The molecule has 9 heavy (non-hydrogen) atoms. The van der Waals surface area contributed by atoms with Gasteiger partial charge in [-0.05, 0) is 17.6 Å². The van der Waals surface area contributed by atoms with E-state index in [-0.39, 0.29) is 0 Å². The number of hydrogen-bond acceptors (Lipinski definition) is 0. The van der Waals surface area contributed by atoms with Crippen LogP contribution in [0.25, 0.3) is 0 Å². The van der Waals surface area contributed by atoms with E-state index in [2.05, 4.69) is 19.2 Å². The van der Waals surface area contributed by atoms with Crippen LogP contribution in [0.15, 0.2) is 48.6 Å². The van der Waals surface area contributed by atoms with Gasteiger partial charge in [-0.2, -0.15) is 0 Å². The summed E-state index contributed by atoms with van der Waals surface area (Å²) in [6, 6.07) is 0. The Balaban J connectivity index is 2.77. The fourth-order valence-corrected chi connectivity index (χ4v) is 0.834. The molecule has 0 bridgehead atoms. The van der Waals surface area contributed by atoms with Gasteiger partial charge in [-0.3, -0.25) is 0 Å². The Kier molecular flexibility index (Phi) is 1.69. The summed E-state index contributed by atoms with van der Waals surface area (Å²) in [5.41, 5.74) is 2.32. The van der Waals surface area contributed by atoms with Crippen LogP contribution >= 0.6 is 0 Å². The van der Waals surface area contributed by atoms with Gasteiger partial charge >= 0.3 is 0 Å². The van der Waals surface area contributed by atoms with Crippen molar-refractivity contribution in [2.45, 2.75) is 6.42 Å². The fourth-order valence-electron chi connectivity index (χ4n) is 0.834. The van der Waals surface area contributed by atoms with Crippen LogP contribution < -0.4 is 0 Å². The van der Waals surface area contributed by atoms with Crippen molar-refractivity contribution in [1.82, 2.24) is 0 Å². The van der Waals surface area contributed by atoms with E-state index in [4.69, 9.17) is 0 Å². The highest BCUT2D eigenvalue weighted by molar-refractivity contribution is 5.39. The minimum atomic E-state index is 1.00. The van der Waals surface area contributed by atoms with Crippen molar-refractivity contribution >= 4 is 0 Å².